The fourth-order valence-corrected chi connectivity index (χ4v) is 6.36. The predicted molar refractivity (Wildman–Crippen MR) is 167 cm³/mol. The van der Waals surface area contributed by atoms with E-state index in [0.29, 0.717) is 6.54 Å². The molecule has 0 atom stereocenters. The lowest BCUT2D eigenvalue weighted by atomic mass is 9.67. The van der Waals surface area contributed by atoms with Crippen molar-refractivity contribution in [1.82, 2.24) is 0 Å². The van der Waals surface area contributed by atoms with Gasteiger partial charge in [-0.3, -0.25) is 0 Å². The van der Waals surface area contributed by atoms with Crippen LogP contribution in [0.1, 0.15) is 27.8 Å². The molecule has 0 radical (unpaired) electrons. The molecule has 2 heteroatoms. The van der Waals surface area contributed by atoms with Gasteiger partial charge in [0.05, 0.1) is 5.41 Å². The molecule has 0 aliphatic heterocycles. The topological polar surface area (TPSA) is 38.0 Å². The van der Waals surface area contributed by atoms with Crippen molar-refractivity contribution < 1.29 is 0 Å². The number of fused-ring (bicyclic) bond motifs is 3. The summed E-state index contributed by atoms with van der Waals surface area (Å²) >= 11 is 0. The zero-order chi connectivity index (χ0) is 26.9. The summed E-state index contributed by atoms with van der Waals surface area (Å²) in [6, 6.07) is 54.7. The molecule has 0 unspecified atom stereocenters. The second kappa shape index (κ2) is 10.00. The monoisotopic (exact) mass is 514 g/mol. The second-order valence-corrected chi connectivity index (χ2v) is 10.4. The Kier molecular flexibility index (Phi) is 6.03. The first-order valence-corrected chi connectivity index (χ1v) is 13.8. The summed E-state index contributed by atoms with van der Waals surface area (Å²) < 4.78 is 0. The van der Waals surface area contributed by atoms with Gasteiger partial charge in [0.1, 0.15) is 0 Å². The molecule has 0 saturated carbocycles. The van der Waals surface area contributed by atoms with E-state index in [0.717, 1.165) is 16.9 Å². The quantitative estimate of drug-likeness (QED) is 0.232. The SMILES string of the molecule is NCc1cccc(Nc2cccc(-c3cccc(C4(c5ccccc5)c5ccccc5-c5ccccc54)c3)c2)c1. The van der Waals surface area contributed by atoms with Crippen molar-refractivity contribution in [3.05, 3.63) is 179 Å². The molecule has 0 fully saturated rings. The fraction of sp³-hybridized carbons (Fsp3) is 0.0526. The minimum Gasteiger partial charge on any atom is -0.356 e. The van der Waals surface area contributed by atoms with Crippen molar-refractivity contribution in [2.75, 3.05) is 5.32 Å². The van der Waals surface area contributed by atoms with Gasteiger partial charge in [0.25, 0.3) is 0 Å². The van der Waals surface area contributed by atoms with E-state index in [4.69, 9.17) is 5.73 Å². The number of nitrogens with two attached hydrogens (primary N) is 1. The summed E-state index contributed by atoms with van der Waals surface area (Å²) in [4.78, 5) is 0. The molecule has 0 bridgehead atoms. The van der Waals surface area contributed by atoms with Gasteiger partial charge in [-0.25, -0.2) is 0 Å². The molecule has 0 amide bonds. The first-order chi connectivity index (χ1) is 19.8. The Labute approximate surface area is 235 Å². The highest BCUT2D eigenvalue weighted by atomic mass is 14.9. The summed E-state index contributed by atoms with van der Waals surface area (Å²) in [5.41, 5.74) is 18.8. The average molecular weight is 515 g/mol. The Hall–Kier alpha value is -4.92. The van der Waals surface area contributed by atoms with Crippen molar-refractivity contribution in [1.29, 1.82) is 0 Å². The Morgan fingerprint density at radius 3 is 1.73 bits per heavy atom. The fourth-order valence-electron chi connectivity index (χ4n) is 6.36. The van der Waals surface area contributed by atoms with Crippen molar-refractivity contribution in [3.63, 3.8) is 0 Å². The van der Waals surface area contributed by atoms with Gasteiger partial charge in [0, 0.05) is 17.9 Å². The van der Waals surface area contributed by atoms with Gasteiger partial charge in [0.2, 0.25) is 0 Å². The van der Waals surface area contributed by atoms with E-state index in [-0.39, 0.29) is 0 Å². The normalized spacial score (nSPS) is 12.9. The molecule has 0 aromatic heterocycles. The number of rotatable bonds is 6. The van der Waals surface area contributed by atoms with Crippen LogP contribution in [-0.4, -0.2) is 0 Å². The lowest BCUT2D eigenvalue weighted by Gasteiger charge is -2.34. The van der Waals surface area contributed by atoms with Crippen LogP contribution < -0.4 is 11.1 Å². The van der Waals surface area contributed by atoms with Gasteiger partial charge in [-0.1, -0.05) is 121 Å². The zero-order valence-electron chi connectivity index (χ0n) is 22.2. The number of hydrogen-bond acceptors (Lipinski definition) is 2. The van der Waals surface area contributed by atoms with Gasteiger partial charge in [-0.2, -0.15) is 0 Å². The summed E-state index contributed by atoms with van der Waals surface area (Å²) in [5, 5.41) is 3.56. The summed E-state index contributed by atoms with van der Waals surface area (Å²) in [7, 11) is 0. The lowest BCUT2D eigenvalue weighted by Crippen LogP contribution is -2.28. The summed E-state index contributed by atoms with van der Waals surface area (Å²) in [6.07, 6.45) is 0. The molecule has 40 heavy (non-hydrogen) atoms. The molecule has 7 rings (SSSR count). The molecule has 0 saturated heterocycles. The molecule has 1 aliphatic carbocycles. The van der Waals surface area contributed by atoms with Crippen LogP contribution in [0.4, 0.5) is 11.4 Å². The van der Waals surface area contributed by atoms with Crippen LogP contribution in [-0.2, 0) is 12.0 Å². The van der Waals surface area contributed by atoms with Gasteiger partial charge in [-0.15, -0.1) is 0 Å². The standard InChI is InChI=1S/C38H30N2/c39-26-27-11-8-17-32(23-27)40-33-18-10-13-29(25-33)28-12-9-16-31(24-28)38(30-14-2-1-3-15-30)36-21-6-4-19-34(36)35-20-5-7-22-37(35)38/h1-25,40H,26,39H2. The first kappa shape index (κ1) is 24.1. The summed E-state index contributed by atoms with van der Waals surface area (Å²) in [5.74, 6) is 0. The molecule has 0 heterocycles. The number of anilines is 2. The third-order valence-corrected chi connectivity index (χ3v) is 8.10. The zero-order valence-corrected chi connectivity index (χ0v) is 22.2. The first-order valence-electron chi connectivity index (χ1n) is 13.8. The average Bonchev–Trinajstić information content (AvgIpc) is 3.33. The van der Waals surface area contributed by atoms with Crippen molar-refractivity contribution in [3.8, 4) is 22.3 Å². The third-order valence-electron chi connectivity index (χ3n) is 8.10. The molecule has 192 valence electrons. The maximum Gasteiger partial charge on any atom is 0.0713 e. The van der Waals surface area contributed by atoms with Crippen molar-refractivity contribution >= 4 is 11.4 Å². The molecular formula is C38H30N2. The second-order valence-electron chi connectivity index (χ2n) is 10.4. The van der Waals surface area contributed by atoms with E-state index < -0.39 is 5.41 Å². The summed E-state index contributed by atoms with van der Waals surface area (Å²) in [6.45, 7) is 0.526. The molecular weight excluding hydrogens is 484 g/mol. The Morgan fingerprint density at radius 2 is 1.02 bits per heavy atom. The maximum atomic E-state index is 5.86. The van der Waals surface area contributed by atoms with E-state index in [9.17, 15) is 0 Å². The minimum absolute atomic E-state index is 0.400. The molecule has 1 aliphatic rings. The van der Waals surface area contributed by atoms with Crippen molar-refractivity contribution in [2.45, 2.75) is 12.0 Å². The maximum absolute atomic E-state index is 5.86. The van der Waals surface area contributed by atoms with E-state index in [1.54, 1.807) is 0 Å². The van der Waals surface area contributed by atoms with Gasteiger partial charge in [0.15, 0.2) is 0 Å². The molecule has 6 aromatic rings. The number of benzene rings is 6. The van der Waals surface area contributed by atoms with Crippen molar-refractivity contribution in [2.24, 2.45) is 5.73 Å². The van der Waals surface area contributed by atoms with E-state index in [1.807, 2.05) is 6.07 Å². The van der Waals surface area contributed by atoms with Gasteiger partial charge < -0.3 is 11.1 Å². The van der Waals surface area contributed by atoms with E-state index in [1.165, 1.54) is 44.5 Å². The van der Waals surface area contributed by atoms with E-state index >= 15 is 0 Å². The van der Waals surface area contributed by atoms with Crippen LogP contribution >= 0.6 is 0 Å². The van der Waals surface area contributed by atoms with Crippen LogP contribution in [0, 0.1) is 0 Å². The highest BCUT2D eigenvalue weighted by Gasteiger charge is 2.45. The highest BCUT2D eigenvalue weighted by molar-refractivity contribution is 5.86. The number of hydrogen-bond donors (Lipinski definition) is 2. The van der Waals surface area contributed by atoms with Crippen LogP contribution in [0.3, 0.4) is 0 Å². The Bertz CT molecular complexity index is 1770. The number of nitrogens with one attached hydrogen (secondary N) is 1. The van der Waals surface area contributed by atoms with E-state index in [2.05, 4.69) is 151 Å². The third kappa shape index (κ3) is 3.93. The van der Waals surface area contributed by atoms with Crippen LogP contribution in [0.5, 0.6) is 0 Å². The van der Waals surface area contributed by atoms with Gasteiger partial charge in [-0.05, 0) is 80.4 Å². The largest absolute Gasteiger partial charge is 0.356 e. The van der Waals surface area contributed by atoms with Gasteiger partial charge >= 0.3 is 0 Å². The van der Waals surface area contributed by atoms with Crippen LogP contribution in [0.25, 0.3) is 22.3 Å². The molecule has 2 nitrogen and oxygen atoms in total. The minimum atomic E-state index is -0.400. The van der Waals surface area contributed by atoms with Crippen LogP contribution in [0.2, 0.25) is 0 Å². The molecule has 6 aromatic carbocycles. The molecule has 3 N–H and O–H groups in total. The highest BCUT2D eigenvalue weighted by Crippen LogP contribution is 2.56. The van der Waals surface area contributed by atoms with Crippen LogP contribution in [0.15, 0.2) is 152 Å². The predicted octanol–water partition coefficient (Wildman–Crippen LogP) is 8.92. The lowest BCUT2D eigenvalue weighted by molar-refractivity contribution is 0.769. The molecule has 0 spiro atoms. The smallest absolute Gasteiger partial charge is 0.0713 e. The Balaban J connectivity index is 1.38. The Morgan fingerprint density at radius 1 is 0.475 bits per heavy atom.